The third-order valence-electron chi connectivity index (χ3n) is 2.07. The number of rotatable bonds is 7. The van der Waals surface area contributed by atoms with E-state index < -0.39 is 6.64 Å². The van der Waals surface area contributed by atoms with E-state index >= 15 is 0 Å². The first-order chi connectivity index (χ1) is 8.89. The average Bonchev–Trinajstić information content (AvgIpc) is 2.28. The van der Waals surface area contributed by atoms with Gasteiger partial charge in [-0.3, -0.25) is 4.67 Å². The molecule has 106 valence electrons. The van der Waals surface area contributed by atoms with Gasteiger partial charge in [0.25, 0.3) is 6.64 Å². The molecule has 0 aromatic heterocycles. The smallest absolute Gasteiger partial charge is 0.295 e. The van der Waals surface area contributed by atoms with Crippen molar-refractivity contribution in [2.24, 2.45) is 0 Å². The quantitative estimate of drug-likeness (QED) is 0.543. The van der Waals surface area contributed by atoms with Gasteiger partial charge in [0.05, 0.1) is 17.7 Å². The molecule has 0 saturated carbocycles. The van der Waals surface area contributed by atoms with Crippen molar-refractivity contribution < 1.29 is 9.05 Å². The molecule has 0 aliphatic rings. The van der Waals surface area contributed by atoms with Crippen LogP contribution in [0.15, 0.2) is 30.3 Å². The molecule has 0 amide bonds. The highest BCUT2D eigenvalue weighted by Gasteiger charge is 2.30. The molecule has 0 heterocycles. The second-order valence-corrected chi connectivity index (χ2v) is 7.95. The van der Waals surface area contributed by atoms with Gasteiger partial charge in [-0.2, -0.15) is 0 Å². The maximum absolute atomic E-state index is 5.89. The number of benzene rings is 1. The van der Waals surface area contributed by atoms with E-state index in [1.54, 1.807) is 4.67 Å². The third kappa shape index (κ3) is 4.93. The number of hydrogen-bond acceptors (Lipinski definition) is 4. The van der Waals surface area contributed by atoms with Gasteiger partial charge >= 0.3 is 0 Å². The summed E-state index contributed by atoms with van der Waals surface area (Å²) in [7, 11) is 0. The Kier molecular flexibility index (Phi) is 6.57. The van der Waals surface area contributed by atoms with Crippen molar-refractivity contribution in [1.29, 1.82) is 0 Å². The molecule has 1 aromatic rings. The molecule has 0 spiro atoms. The molecule has 1 rings (SSSR count). The van der Waals surface area contributed by atoms with Crippen molar-refractivity contribution in [1.82, 2.24) is 0 Å². The van der Waals surface area contributed by atoms with E-state index in [2.05, 4.69) is 0 Å². The zero-order valence-corrected chi connectivity index (χ0v) is 14.2. The predicted octanol–water partition coefficient (Wildman–Crippen LogP) is 4.52. The number of hydrogen-bond donors (Lipinski definition) is 0. The van der Waals surface area contributed by atoms with Crippen molar-refractivity contribution in [2.45, 2.75) is 39.9 Å². The lowest BCUT2D eigenvalue weighted by atomic mass is 10.3. The number of para-hydroxylation sites is 1. The van der Waals surface area contributed by atoms with E-state index in [-0.39, 0.29) is 12.2 Å². The summed E-state index contributed by atoms with van der Waals surface area (Å²) in [6, 6.07) is 9.70. The molecule has 0 radical (unpaired) electrons. The van der Waals surface area contributed by atoms with E-state index in [4.69, 9.17) is 33.1 Å². The van der Waals surface area contributed by atoms with Gasteiger partial charge in [0, 0.05) is 5.69 Å². The van der Waals surface area contributed by atoms with Crippen LogP contribution in [-0.4, -0.2) is 17.7 Å². The molecule has 0 unspecified atom stereocenters. The Morgan fingerprint density at radius 3 is 1.89 bits per heavy atom. The SMILES string of the molecule is CC(C)OP(=S)(OC(C)C)N(C=S)c1ccccc1. The van der Waals surface area contributed by atoms with Crippen LogP contribution in [0, 0.1) is 0 Å². The summed E-state index contributed by atoms with van der Waals surface area (Å²) < 4.78 is 13.5. The van der Waals surface area contributed by atoms with Crippen LogP contribution in [-0.2, 0) is 20.9 Å². The van der Waals surface area contributed by atoms with Crippen LogP contribution >= 0.6 is 18.9 Å². The van der Waals surface area contributed by atoms with Gasteiger partial charge < -0.3 is 9.05 Å². The first-order valence-electron chi connectivity index (χ1n) is 6.16. The van der Waals surface area contributed by atoms with Gasteiger partial charge in [0.2, 0.25) is 0 Å². The minimum absolute atomic E-state index is 0.0225. The molecule has 0 saturated heterocycles. The van der Waals surface area contributed by atoms with Crippen molar-refractivity contribution in [3.05, 3.63) is 30.3 Å². The van der Waals surface area contributed by atoms with Gasteiger partial charge in [-0.15, -0.1) is 0 Å². The Labute approximate surface area is 126 Å². The Hall–Kier alpha value is -0.320. The minimum atomic E-state index is -2.66. The van der Waals surface area contributed by atoms with Crippen molar-refractivity contribution >= 4 is 41.8 Å². The molecule has 0 aliphatic carbocycles. The van der Waals surface area contributed by atoms with Crippen molar-refractivity contribution in [3.63, 3.8) is 0 Å². The largest absolute Gasteiger partial charge is 0.311 e. The molecule has 3 nitrogen and oxygen atoms in total. The summed E-state index contributed by atoms with van der Waals surface area (Å²) in [5.41, 5.74) is 2.41. The maximum Gasteiger partial charge on any atom is 0.295 e. The lowest BCUT2D eigenvalue weighted by Gasteiger charge is -2.34. The van der Waals surface area contributed by atoms with E-state index in [0.29, 0.717) is 0 Å². The predicted molar refractivity (Wildman–Crippen MR) is 89.3 cm³/mol. The summed E-state index contributed by atoms with van der Waals surface area (Å²) in [5, 5.41) is 0. The van der Waals surface area contributed by atoms with Crippen LogP contribution in [0.2, 0.25) is 0 Å². The molecule has 0 aliphatic heterocycles. The topological polar surface area (TPSA) is 21.7 Å². The van der Waals surface area contributed by atoms with Gasteiger partial charge in [-0.1, -0.05) is 30.4 Å². The van der Waals surface area contributed by atoms with E-state index in [9.17, 15) is 0 Å². The van der Waals surface area contributed by atoms with Crippen LogP contribution in [0.3, 0.4) is 0 Å². The van der Waals surface area contributed by atoms with Crippen molar-refractivity contribution in [2.75, 3.05) is 4.67 Å². The van der Waals surface area contributed by atoms with Crippen LogP contribution in [0.1, 0.15) is 27.7 Å². The highest BCUT2D eigenvalue weighted by molar-refractivity contribution is 8.11. The summed E-state index contributed by atoms with van der Waals surface area (Å²) in [6.45, 7) is 5.11. The summed E-state index contributed by atoms with van der Waals surface area (Å²) in [6.07, 6.45) is -0.0449. The monoisotopic (exact) mass is 317 g/mol. The number of nitrogens with zero attached hydrogens (tertiary/aromatic N) is 1. The van der Waals surface area contributed by atoms with Crippen molar-refractivity contribution in [3.8, 4) is 0 Å². The van der Waals surface area contributed by atoms with E-state index in [0.717, 1.165) is 5.69 Å². The molecule has 0 atom stereocenters. The molecule has 19 heavy (non-hydrogen) atoms. The Balaban J connectivity index is 3.13. The minimum Gasteiger partial charge on any atom is -0.311 e. The van der Waals surface area contributed by atoms with Gasteiger partial charge in [-0.25, -0.2) is 0 Å². The standard InChI is InChI=1S/C13H20NO2PS2/c1-11(2)15-17(19,16-12(3)4)14(10-18)13-8-6-5-7-9-13/h5-12H,1-4H3. The molecular weight excluding hydrogens is 297 g/mol. The second-order valence-electron chi connectivity index (χ2n) is 4.56. The van der Waals surface area contributed by atoms with E-state index in [1.165, 1.54) is 5.49 Å². The lowest BCUT2D eigenvalue weighted by molar-refractivity contribution is 0.176. The molecular formula is C13H20NO2PS2. The first-order valence-corrected chi connectivity index (χ1v) is 9.22. The molecule has 1 aromatic carbocycles. The first kappa shape index (κ1) is 16.7. The fraction of sp³-hybridized carbons (Fsp3) is 0.462. The van der Waals surface area contributed by atoms with Gasteiger partial charge in [-0.05, 0) is 51.6 Å². The third-order valence-corrected chi connectivity index (χ3v) is 5.73. The fourth-order valence-corrected chi connectivity index (χ4v) is 5.48. The molecule has 0 bridgehead atoms. The Bertz CT molecular complexity index is 437. The Morgan fingerprint density at radius 1 is 1.05 bits per heavy atom. The van der Waals surface area contributed by atoms with Crippen LogP contribution < -0.4 is 4.67 Å². The second kappa shape index (κ2) is 7.46. The lowest BCUT2D eigenvalue weighted by Crippen LogP contribution is -2.23. The Morgan fingerprint density at radius 2 is 1.53 bits per heavy atom. The molecule has 0 fully saturated rings. The zero-order valence-electron chi connectivity index (χ0n) is 11.6. The average molecular weight is 317 g/mol. The molecule has 6 heteroatoms. The summed E-state index contributed by atoms with van der Waals surface area (Å²) in [4.78, 5) is 0. The highest BCUT2D eigenvalue weighted by atomic mass is 32.5. The zero-order chi connectivity index (χ0) is 14.5. The highest BCUT2D eigenvalue weighted by Crippen LogP contribution is 2.55. The van der Waals surface area contributed by atoms with E-state index in [1.807, 2.05) is 58.0 Å². The van der Waals surface area contributed by atoms with Gasteiger partial charge in [0.15, 0.2) is 0 Å². The molecule has 0 N–H and O–H groups in total. The fourth-order valence-electron chi connectivity index (χ4n) is 1.50. The van der Waals surface area contributed by atoms with Gasteiger partial charge in [0.1, 0.15) is 0 Å². The van der Waals surface area contributed by atoms with Crippen LogP contribution in [0.4, 0.5) is 5.69 Å². The summed E-state index contributed by atoms with van der Waals surface area (Å²) in [5.74, 6) is 0. The number of thiocarbonyl (C=S) groups is 1. The van der Waals surface area contributed by atoms with Crippen LogP contribution in [0.25, 0.3) is 0 Å². The summed E-state index contributed by atoms with van der Waals surface area (Å²) >= 11 is 10.8. The van der Waals surface area contributed by atoms with Crippen LogP contribution in [0.5, 0.6) is 0 Å². The number of anilines is 1. The normalized spacial score (nSPS) is 11.9. The maximum atomic E-state index is 5.89.